The van der Waals surface area contributed by atoms with E-state index >= 15 is 0 Å². The molecule has 1 aromatic heterocycles. The van der Waals surface area contributed by atoms with E-state index in [1.807, 2.05) is 13.2 Å². The van der Waals surface area contributed by atoms with Crippen molar-refractivity contribution in [2.24, 2.45) is 5.41 Å². The summed E-state index contributed by atoms with van der Waals surface area (Å²) in [6.07, 6.45) is 4.73. The lowest BCUT2D eigenvalue weighted by atomic mass is 9.89. The Labute approximate surface area is 104 Å². The molecule has 3 N–H and O–H groups in total. The van der Waals surface area contributed by atoms with E-state index in [0.29, 0.717) is 5.41 Å². The average Bonchev–Trinajstić information content (AvgIpc) is 2.83. The van der Waals surface area contributed by atoms with Crippen LogP contribution in [0.1, 0.15) is 32.4 Å². The van der Waals surface area contributed by atoms with Gasteiger partial charge in [-0.1, -0.05) is 13.8 Å². The van der Waals surface area contributed by atoms with E-state index in [1.165, 1.54) is 18.5 Å². The van der Waals surface area contributed by atoms with Crippen LogP contribution in [-0.4, -0.2) is 31.7 Å². The maximum Gasteiger partial charge on any atom is 0.0217 e. The quantitative estimate of drug-likeness (QED) is 0.675. The Balaban J connectivity index is 1.78. The standard InChI is InChI=1S/C14H25N3/c1-13(2,12-5-4-8-17-12)9-16-11-14(6-7-14)10-15-3/h4-5,8,15-17H,6-7,9-11H2,1-3H3. The predicted octanol–water partition coefficient (Wildman–Crippen LogP) is 1.88. The molecule has 3 nitrogen and oxygen atoms in total. The molecule has 1 aromatic rings. The van der Waals surface area contributed by atoms with Gasteiger partial charge in [-0.15, -0.1) is 0 Å². The number of nitrogens with one attached hydrogen (secondary N) is 3. The molecule has 1 aliphatic carbocycles. The number of hydrogen-bond acceptors (Lipinski definition) is 2. The molecule has 0 saturated heterocycles. The Hall–Kier alpha value is -0.800. The number of H-pyrrole nitrogens is 1. The third-order valence-corrected chi connectivity index (χ3v) is 3.90. The predicted molar refractivity (Wildman–Crippen MR) is 72.3 cm³/mol. The first-order chi connectivity index (χ1) is 8.08. The summed E-state index contributed by atoms with van der Waals surface area (Å²) in [5.74, 6) is 0. The number of hydrogen-bond donors (Lipinski definition) is 3. The summed E-state index contributed by atoms with van der Waals surface area (Å²) < 4.78 is 0. The third kappa shape index (κ3) is 3.11. The SMILES string of the molecule is CNCC1(CNCC(C)(C)c2ccc[nH]2)CC1. The summed E-state index contributed by atoms with van der Waals surface area (Å²) in [5.41, 5.74) is 2.03. The lowest BCUT2D eigenvalue weighted by molar-refractivity contribution is 0.392. The molecule has 96 valence electrons. The van der Waals surface area contributed by atoms with E-state index in [-0.39, 0.29) is 5.41 Å². The maximum atomic E-state index is 3.64. The molecule has 3 heteroatoms. The third-order valence-electron chi connectivity index (χ3n) is 3.90. The van der Waals surface area contributed by atoms with Crippen molar-refractivity contribution < 1.29 is 0 Å². The van der Waals surface area contributed by atoms with E-state index in [4.69, 9.17) is 0 Å². The van der Waals surface area contributed by atoms with E-state index in [1.54, 1.807) is 0 Å². The Bertz CT molecular complexity index is 336. The fourth-order valence-electron chi connectivity index (χ4n) is 2.45. The minimum atomic E-state index is 0.180. The van der Waals surface area contributed by atoms with Gasteiger partial charge in [0.05, 0.1) is 0 Å². The molecule has 1 aliphatic rings. The monoisotopic (exact) mass is 235 g/mol. The first kappa shape index (κ1) is 12.7. The van der Waals surface area contributed by atoms with Gasteiger partial charge >= 0.3 is 0 Å². The van der Waals surface area contributed by atoms with Crippen molar-refractivity contribution in [1.82, 2.24) is 15.6 Å². The van der Waals surface area contributed by atoms with E-state index in [2.05, 4.69) is 41.6 Å². The Morgan fingerprint density at radius 1 is 1.35 bits per heavy atom. The van der Waals surface area contributed by atoms with Crippen molar-refractivity contribution in [2.75, 3.05) is 26.7 Å². The molecule has 0 unspecified atom stereocenters. The van der Waals surface area contributed by atoms with Crippen LogP contribution in [-0.2, 0) is 5.41 Å². The van der Waals surface area contributed by atoms with Crippen molar-refractivity contribution in [2.45, 2.75) is 32.1 Å². The smallest absolute Gasteiger partial charge is 0.0217 e. The molecule has 0 amide bonds. The van der Waals surface area contributed by atoms with Crippen LogP contribution in [0.5, 0.6) is 0 Å². The molecule has 2 rings (SSSR count). The van der Waals surface area contributed by atoms with Gasteiger partial charge in [0.25, 0.3) is 0 Å². The van der Waals surface area contributed by atoms with E-state index < -0.39 is 0 Å². The van der Waals surface area contributed by atoms with Crippen LogP contribution in [0.3, 0.4) is 0 Å². The largest absolute Gasteiger partial charge is 0.365 e. The Kier molecular flexibility index (Phi) is 3.59. The average molecular weight is 235 g/mol. The van der Waals surface area contributed by atoms with Crippen molar-refractivity contribution in [3.8, 4) is 0 Å². The van der Waals surface area contributed by atoms with Crippen LogP contribution in [0.15, 0.2) is 18.3 Å². The van der Waals surface area contributed by atoms with Crippen molar-refractivity contribution in [1.29, 1.82) is 0 Å². The van der Waals surface area contributed by atoms with Gasteiger partial charge in [0.2, 0.25) is 0 Å². The van der Waals surface area contributed by atoms with Gasteiger partial charge in [-0.05, 0) is 37.4 Å². The highest BCUT2D eigenvalue weighted by atomic mass is 14.9. The highest BCUT2D eigenvalue weighted by Gasteiger charge is 2.41. The zero-order valence-corrected chi connectivity index (χ0v) is 11.3. The van der Waals surface area contributed by atoms with Crippen LogP contribution >= 0.6 is 0 Å². The van der Waals surface area contributed by atoms with Crippen LogP contribution in [0.4, 0.5) is 0 Å². The molecular formula is C14H25N3. The molecule has 1 saturated carbocycles. The van der Waals surface area contributed by atoms with Gasteiger partial charge in [-0.2, -0.15) is 0 Å². The second-order valence-electron chi connectivity index (χ2n) is 6.10. The summed E-state index contributed by atoms with van der Waals surface area (Å²) in [6, 6.07) is 4.24. The number of rotatable bonds is 7. The van der Waals surface area contributed by atoms with Crippen molar-refractivity contribution >= 4 is 0 Å². The highest BCUT2D eigenvalue weighted by molar-refractivity contribution is 5.15. The van der Waals surface area contributed by atoms with Gasteiger partial charge < -0.3 is 15.6 Å². The van der Waals surface area contributed by atoms with E-state index in [0.717, 1.165) is 19.6 Å². The van der Waals surface area contributed by atoms with Crippen LogP contribution < -0.4 is 10.6 Å². The first-order valence-corrected chi connectivity index (χ1v) is 6.57. The zero-order chi connectivity index (χ0) is 12.4. The second kappa shape index (κ2) is 4.83. The zero-order valence-electron chi connectivity index (χ0n) is 11.3. The minimum absolute atomic E-state index is 0.180. The molecule has 1 heterocycles. The van der Waals surface area contributed by atoms with Crippen LogP contribution in [0.2, 0.25) is 0 Å². The summed E-state index contributed by atoms with van der Waals surface area (Å²) in [4.78, 5) is 3.31. The number of aromatic amines is 1. The molecule has 0 aliphatic heterocycles. The van der Waals surface area contributed by atoms with Gasteiger partial charge in [-0.25, -0.2) is 0 Å². The molecule has 0 aromatic carbocycles. The summed E-state index contributed by atoms with van der Waals surface area (Å²) in [5, 5.41) is 6.94. The van der Waals surface area contributed by atoms with Gasteiger partial charge in [0.1, 0.15) is 0 Å². The summed E-state index contributed by atoms with van der Waals surface area (Å²) >= 11 is 0. The van der Waals surface area contributed by atoms with E-state index in [9.17, 15) is 0 Å². The molecule has 0 atom stereocenters. The molecule has 17 heavy (non-hydrogen) atoms. The molecule has 1 fully saturated rings. The van der Waals surface area contributed by atoms with Gasteiger partial charge in [0.15, 0.2) is 0 Å². The Morgan fingerprint density at radius 3 is 2.65 bits per heavy atom. The fourth-order valence-corrected chi connectivity index (χ4v) is 2.45. The molecular weight excluding hydrogens is 210 g/mol. The molecule has 0 spiro atoms. The van der Waals surface area contributed by atoms with Crippen molar-refractivity contribution in [3.63, 3.8) is 0 Å². The highest BCUT2D eigenvalue weighted by Crippen LogP contribution is 2.44. The topological polar surface area (TPSA) is 39.8 Å². The lowest BCUT2D eigenvalue weighted by Gasteiger charge is -2.26. The first-order valence-electron chi connectivity index (χ1n) is 6.57. The summed E-state index contributed by atoms with van der Waals surface area (Å²) in [7, 11) is 2.04. The van der Waals surface area contributed by atoms with Gasteiger partial charge in [0, 0.05) is 36.9 Å². The maximum absolute atomic E-state index is 3.64. The molecule has 0 radical (unpaired) electrons. The van der Waals surface area contributed by atoms with Gasteiger partial charge in [-0.3, -0.25) is 0 Å². The number of aromatic nitrogens is 1. The lowest BCUT2D eigenvalue weighted by Crippen LogP contribution is -2.38. The summed E-state index contributed by atoms with van der Waals surface area (Å²) in [6.45, 7) is 7.87. The normalized spacial score (nSPS) is 18.3. The van der Waals surface area contributed by atoms with Crippen LogP contribution in [0.25, 0.3) is 0 Å². The minimum Gasteiger partial charge on any atom is -0.365 e. The molecule has 0 bridgehead atoms. The van der Waals surface area contributed by atoms with Crippen LogP contribution in [0, 0.1) is 5.41 Å². The fraction of sp³-hybridized carbons (Fsp3) is 0.714. The van der Waals surface area contributed by atoms with Crippen molar-refractivity contribution in [3.05, 3.63) is 24.0 Å². The Morgan fingerprint density at radius 2 is 2.12 bits per heavy atom. The second-order valence-corrected chi connectivity index (χ2v) is 6.10.